The second kappa shape index (κ2) is 9.08. The van der Waals surface area contributed by atoms with Crippen LogP contribution in [0, 0.1) is 5.92 Å². The van der Waals surface area contributed by atoms with Gasteiger partial charge in [-0.2, -0.15) is 0 Å². The van der Waals surface area contributed by atoms with Gasteiger partial charge in [0.2, 0.25) is 5.91 Å². The molecule has 6 nitrogen and oxygen atoms in total. The molecule has 1 aliphatic heterocycles. The third-order valence-electron chi connectivity index (χ3n) is 5.77. The van der Waals surface area contributed by atoms with Crippen LogP contribution >= 0.6 is 0 Å². The average molecular weight is 418 g/mol. The van der Waals surface area contributed by atoms with Gasteiger partial charge in [0.05, 0.1) is 20.1 Å². The summed E-state index contributed by atoms with van der Waals surface area (Å²) in [7, 11) is 3.23. The number of hydrogen-bond acceptors (Lipinski definition) is 4. The molecule has 2 amide bonds. The molecule has 6 heteroatoms. The summed E-state index contributed by atoms with van der Waals surface area (Å²) in [4.78, 5) is 28.0. The van der Waals surface area contributed by atoms with Crippen molar-refractivity contribution < 1.29 is 19.1 Å². The summed E-state index contributed by atoms with van der Waals surface area (Å²) in [6.45, 7) is 1.05. The van der Waals surface area contributed by atoms with Crippen LogP contribution in [0.4, 0.5) is 5.69 Å². The average Bonchev–Trinajstić information content (AvgIpc) is 2.83. The molecular formula is C25H26N2O4. The van der Waals surface area contributed by atoms with Crippen LogP contribution in [-0.2, 0) is 4.79 Å². The number of piperidine rings is 1. The van der Waals surface area contributed by atoms with Crippen LogP contribution in [0.3, 0.4) is 0 Å². The lowest BCUT2D eigenvalue weighted by Crippen LogP contribution is -2.43. The monoisotopic (exact) mass is 418 g/mol. The Morgan fingerprint density at radius 3 is 2.39 bits per heavy atom. The molecule has 0 radical (unpaired) electrons. The Morgan fingerprint density at radius 2 is 1.68 bits per heavy atom. The maximum atomic E-state index is 13.3. The fourth-order valence-electron chi connectivity index (χ4n) is 4.10. The molecule has 31 heavy (non-hydrogen) atoms. The van der Waals surface area contributed by atoms with Crippen LogP contribution in [0.5, 0.6) is 11.5 Å². The highest BCUT2D eigenvalue weighted by atomic mass is 16.5. The first-order valence-electron chi connectivity index (χ1n) is 10.4. The number of methoxy groups -OCH3 is 2. The van der Waals surface area contributed by atoms with E-state index in [0.717, 1.165) is 40.8 Å². The molecule has 0 aliphatic carbocycles. The topological polar surface area (TPSA) is 67.9 Å². The van der Waals surface area contributed by atoms with E-state index < -0.39 is 0 Å². The number of nitrogens with zero attached hydrogens (tertiary/aromatic N) is 1. The minimum Gasteiger partial charge on any atom is -0.497 e. The number of likely N-dealkylation sites (tertiary alicyclic amines) is 1. The van der Waals surface area contributed by atoms with Crippen molar-refractivity contribution in [3.8, 4) is 11.5 Å². The second-order valence-corrected chi connectivity index (χ2v) is 7.67. The zero-order valence-electron chi connectivity index (χ0n) is 17.8. The maximum absolute atomic E-state index is 13.3. The quantitative estimate of drug-likeness (QED) is 0.669. The fraction of sp³-hybridized carbons (Fsp3) is 0.280. The number of hydrogen-bond donors (Lipinski definition) is 1. The van der Waals surface area contributed by atoms with E-state index in [-0.39, 0.29) is 17.7 Å². The van der Waals surface area contributed by atoms with Gasteiger partial charge < -0.3 is 19.7 Å². The molecule has 0 aromatic heterocycles. The van der Waals surface area contributed by atoms with E-state index in [1.165, 1.54) is 0 Å². The number of benzene rings is 3. The molecule has 0 bridgehead atoms. The van der Waals surface area contributed by atoms with E-state index >= 15 is 0 Å². The van der Waals surface area contributed by atoms with Gasteiger partial charge in [0.15, 0.2) is 0 Å². The minimum atomic E-state index is -0.246. The van der Waals surface area contributed by atoms with E-state index in [2.05, 4.69) is 5.32 Å². The van der Waals surface area contributed by atoms with E-state index in [0.29, 0.717) is 18.7 Å². The highest BCUT2D eigenvalue weighted by Crippen LogP contribution is 2.30. The Bertz CT molecular complexity index is 1090. The molecule has 1 N–H and O–H groups in total. The van der Waals surface area contributed by atoms with Gasteiger partial charge in [0.25, 0.3) is 5.91 Å². The Balaban J connectivity index is 1.50. The number of carbonyl (C=O) groups is 2. The van der Waals surface area contributed by atoms with E-state index in [1.54, 1.807) is 31.3 Å². The molecule has 3 aromatic carbocycles. The predicted molar refractivity (Wildman–Crippen MR) is 121 cm³/mol. The zero-order chi connectivity index (χ0) is 21.8. The van der Waals surface area contributed by atoms with Gasteiger partial charge in [-0.15, -0.1) is 0 Å². The largest absolute Gasteiger partial charge is 0.497 e. The summed E-state index contributed by atoms with van der Waals surface area (Å²) < 4.78 is 10.6. The molecule has 1 atom stereocenters. The van der Waals surface area contributed by atoms with Gasteiger partial charge in [-0.3, -0.25) is 9.59 Å². The van der Waals surface area contributed by atoms with Gasteiger partial charge in [0.1, 0.15) is 11.5 Å². The number of nitrogens with one attached hydrogen (secondary N) is 1. The van der Waals surface area contributed by atoms with Gasteiger partial charge in [-0.05, 0) is 54.6 Å². The van der Waals surface area contributed by atoms with Crippen molar-refractivity contribution in [2.75, 3.05) is 32.6 Å². The third-order valence-corrected chi connectivity index (χ3v) is 5.77. The van der Waals surface area contributed by atoms with E-state index in [4.69, 9.17) is 9.47 Å². The lowest BCUT2D eigenvalue weighted by Gasteiger charge is -2.32. The number of rotatable bonds is 5. The first kappa shape index (κ1) is 20.7. The van der Waals surface area contributed by atoms with Crippen molar-refractivity contribution in [1.82, 2.24) is 4.90 Å². The van der Waals surface area contributed by atoms with Crippen molar-refractivity contribution >= 4 is 28.3 Å². The number of carbonyl (C=O) groups excluding carboxylic acids is 2. The van der Waals surface area contributed by atoms with Crippen LogP contribution in [0.1, 0.15) is 23.2 Å². The summed E-state index contributed by atoms with van der Waals surface area (Å²) in [5.41, 5.74) is 1.35. The molecule has 0 saturated carbocycles. The first-order chi connectivity index (χ1) is 15.1. The van der Waals surface area contributed by atoms with Crippen molar-refractivity contribution in [2.24, 2.45) is 5.92 Å². The van der Waals surface area contributed by atoms with Gasteiger partial charge in [-0.1, -0.05) is 24.3 Å². The summed E-state index contributed by atoms with van der Waals surface area (Å²) in [5, 5.41) is 4.72. The summed E-state index contributed by atoms with van der Waals surface area (Å²) >= 11 is 0. The SMILES string of the molecule is COc1ccc(NC(=O)[C@H]2CCCN(C(=O)c3ccc(OC)c4ccccc34)C2)cc1. The van der Waals surface area contributed by atoms with Crippen LogP contribution in [0.2, 0.25) is 0 Å². The Hall–Kier alpha value is -3.54. The first-order valence-corrected chi connectivity index (χ1v) is 10.4. The smallest absolute Gasteiger partial charge is 0.254 e. The number of amides is 2. The molecule has 4 rings (SSSR count). The normalized spacial score (nSPS) is 16.1. The molecular weight excluding hydrogens is 392 g/mol. The third kappa shape index (κ3) is 4.33. The Kier molecular flexibility index (Phi) is 6.07. The molecule has 160 valence electrons. The van der Waals surface area contributed by atoms with Crippen molar-refractivity contribution in [3.05, 3.63) is 66.2 Å². The van der Waals surface area contributed by atoms with E-state index in [1.807, 2.05) is 48.5 Å². The summed E-state index contributed by atoms with van der Waals surface area (Å²) in [6.07, 6.45) is 1.55. The lowest BCUT2D eigenvalue weighted by molar-refractivity contribution is -0.121. The minimum absolute atomic E-state index is 0.0548. The molecule has 0 unspecified atom stereocenters. The van der Waals surface area contributed by atoms with Crippen molar-refractivity contribution in [3.63, 3.8) is 0 Å². The number of fused-ring (bicyclic) bond motifs is 1. The van der Waals surface area contributed by atoms with Crippen LogP contribution in [0.15, 0.2) is 60.7 Å². The molecule has 1 heterocycles. The molecule has 1 saturated heterocycles. The molecule has 1 aliphatic rings. The van der Waals surface area contributed by atoms with Crippen molar-refractivity contribution in [2.45, 2.75) is 12.8 Å². The zero-order valence-corrected chi connectivity index (χ0v) is 17.8. The molecule has 1 fully saturated rings. The maximum Gasteiger partial charge on any atom is 0.254 e. The van der Waals surface area contributed by atoms with Crippen molar-refractivity contribution in [1.29, 1.82) is 0 Å². The molecule has 0 spiro atoms. The Morgan fingerprint density at radius 1 is 0.935 bits per heavy atom. The van der Waals surface area contributed by atoms with Gasteiger partial charge in [0, 0.05) is 29.7 Å². The van der Waals surface area contributed by atoms with E-state index in [9.17, 15) is 9.59 Å². The van der Waals surface area contributed by atoms with Crippen LogP contribution in [0.25, 0.3) is 10.8 Å². The lowest BCUT2D eigenvalue weighted by atomic mass is 9.95. The fourth-order valence-corrected chi connectivity index (χ4v) is 4.10. The number of ether oxygens (including phenoxy) is 2. The summed E-state index contributed by atoms with van der Waals surface area (Å²) in [6, 6.07) is 18.6. The molecule has 3 aromatic rings. The Labute approximate surface area is 181 Å². The van der Waals surface area contributed by atoms with Gasteiger partial charge in [-0.25, -0.2) is 0 Å². The second-order valence-electron chi connectivity index (χ2n) is 7.67. The highest BCUT2D eigenvalue weighted by Gasteiger charge is 2.29. The standard InChI is InChI=1S/C25H26N2O4/c1-30-19-11-9-18(10-12-19)26-24(28)17-6-5-15-27(16-17)25(29)22-13-14-23(31-2)21-8-4-3-7-20(21)22/h3-4,7-14,17H,5-6,15-16H2,1-2H3,(H,26,28)/t17-/m0/s1. The number of anilines is 1. The highest BCUT2D eigenvalue weighted by molar-refractivity contribution is 6.08. The van der Waals surface area contributed by atoms with Gasteiger partial charge >= 0.3 is 0 Å². The summed E-state index contributed by atoms with van der Waals surface area (Å²) in [5.74, 6) is 1.11. The van der Waals surface area contributed by atoms with Crippen LogP contribution in [-0.4, -0.2) is 44.0 Å². The predicted octanol–water partition coefficient (Wildman–Crippen LogP) is 4.35. The van der Waals surface area contributed by atoms with Crippen LogP contribution < -0.4 is 14.8 Å².